The lowest BCUT2D eigenvalue weighted by atomic mass is 9.54. The fraction of sp³-hybridized carbons (Fsp3) is 0.842. The summed E-state index contributed by atoms with van der Waals surface area (Å²) in [5.74, 6) is 0.755. The smallest absolute Gasteiger partial charge is 0.0762 e. The Hall–Kier alpha value is -0.870. The van der Waals surface area contributed by atoms with Crippen molar-refractivity contribution in [2.45, 2.75) is 82.5 Å². The van der Waals surface area contributed by atoms with Crippen molar-refractivity contribution in [3.05, 3.63) is 18.0 Å². The van der Waals surface area contributed by atoms with E-state index in [2.05, 4.69) is 22.3 Å². The summed E-state index contributed by atoms with van der Waals surface area (Å²) < 4.78 is 8.30. The summed E-state index contributed by atoms with van der Waals surface area (Å²) in [6.45, 7) is 1.90. The molecule has 4 heteroatoms. The van der Waals surface area contributed by atoms with Crippen LogP contribution in [0.25, 0.3) is 0 Å². The van der Waals surface area contributed by atoms with Gasteiger partial charge in [-0.3, -0.25) is 4.68 Å². The molecule has 3 saturated carbocycles. The molecule has 3 atom stereocenters. The van der Waals surface area contributed by atoms with Gasteiger partial charge >= 0.3 is 0 Å². The molecule has 0 bridgehead atoms. The summed E-state index contributed by atoms with van der Waals surface area (Å²) in [7, 11) is 0. The molecule has 0 amide bonds. The SMILES string of the molecule is c1cn(C2CCCC2)nc1CN[C@@H]1[C@@H]2CCO[C@@H]2C12CCCC2. The summed E-state index contributed by atoms with van der Waals surface area (Å²) in [5.41, 5.74) is 1.67. The van der Waals surface area contributed by atoms with Crippen LogP contribution in [0.15, 0.2) is 12.3 Å². The van der Waals surface area contributed by atoms with Crippen molar-refractivity contribution in [1.82, 2.24) is 15.1 Å². The van der Waals surface area contributed by atoms with Crippen LogP contribution >= 0.6 is 0 Å². The molecule has 0 aromatic carbocycles. The molecule has 1 saturated heterocycles. The molecular formula is C19H29N3O. The number of nitrogens with one attached hydrogen (secondary N) is 1. The first-order valence-corrected chi connectivity index (χ1v) is 9.76. The van der Waals surface area contributed by atoms with Crippen LogP contribution in [0.3, 0.4) is 0 Å². The molecule has 1 aromatic rings. The first kappa shape index (κ1) is 14.5. The van der Waals surface area contributed by atoms with E-state index in [9.17, 15) is 0 Å². The van der Waals surface area contributed by atoms with E-state index < -0.39 is 0 Å². The van der Waals surface area contributed by atoms with Crippen LogP contribution in [0.1, 0.15) is 69.5 Å². The van der Waals surface area contributed by atoms with Crippen molar-refractivity contribution < 1.29 is 4.74 Å². The minimum Gasteiger partial charge on any atom is -0.377 e. The zero-order valence-corrected chi connectivity index (χ0v) is 14.0. The zero-order valence-electron chi connectivity index (χ0n) is 14.0. The summed E-state index contributed by atoms with van der Waals surface area (Å²) in [4.78, 5) is 0. The molecule has 23 heavy (non-hydrogen) atoms. The van der Waals surface area contributed by atoms with Crippen molar-refractivity contribution in [3.63, 3.8) is 0 Å². The molecule has 1 aromatic heterocycles. The summed E-state index contributed by atoms with van der Waals surface area (Å²) in [6.07, 6.45) is 14.9. The second kappa shape index (κ2) is 5.59. The Bertz CT molecular complexity index is 557. The van der Waals surface area contributed by atoms with E-state index in [0.717, 1.165) is 19.1 Å². The van der Waals surface area contributed by atoms with Gasteiger partial charge < -0.3 is 10.1 Å². The van der Waals surface area contributed by atoms with Crippen LogP contribution in [-0.2, 0) is 11.3 Å². The van der Waals surface area contributed by atoms with Crippen molar-refractivity contribution >= 4 is 0 Å². The summed E-state index contributed by atoms with van der Waals surface area (Å²) in [6, 6.07) is 3.53. The van der Waals surface area contributed by atoms with Crippen molar-refractivity contribution in [1.29, 1.82) is 0 Å². The molecule has 5 rings (SSSR count). The lowest BCUT2D eigenvalue weighted by Gasteiger charge is -2.57. The van der Waals surface area contributed by atoms with Gasteiger partial charge in [0.1, 0.15) is 0 Å². The van der Waals surface area contributed by atoms with Crippen molar-refractivity contribution in [2.24, 2.45) is 11.3 Å². The monoisotopic (exact) mass is 315 g/mol. The Balaban J connectivity index is 1.25. The number of rotatable bonds is 4. The highest BCUT2D eigenvalue weighted by atomic mass is 16.5. The van der Waals surface area contributed by atoms with E-state index in [1.165, 1.54) is 63.5 Å². The third kappa shape index (κ3) is 2.21. The van der Waals surface area contributed by atoms with Gasteiger partial charge in [-0.05, 0) is 38.2 Å². The Kier molecular flexibility index (Phi) is 3.52. The molecule has 4 fully saturated rings. The standard InChI is InChI=1S/C19H29N3O/c1-2-6-15(5-1)22-11-7-14(21-22)13-20-17-16-8-12-23-18(16)19(17)9-3-4-10-19/h7,11,15-18,20H,1-6,8-10,12-13H2/t16-,17+,18-/m0/s1. The molecule has 4 aliphatic rings. The van der Waals surface area contributed by atoms with Crippen LogP contribution in [0.5, 0.6) is 0 Å². The molecule has 1 N–H and O–H groups in total. The maximum atomic E-state index is 6.08. The minimum absolute atomic E-state index is 0.454. The molecule has 0 radical (unpaired) electrons. The van der Waals surface area contributed by atoms with Gasteiger partial charge in [-0.25, -0.2) is 0 Å². The normalized spacial score (nSPS) is 35.7. The molecule has 4 nitrogen and oxygen atoms in total. The Morgan fingerprint density at radius 1 is 1.17 bits per heavy atom. The Morgan fingerprint density at radius 3 is 2.83 bits per heavy atom. The number of fused-ring (bicyclic) bond motifs is 2. The van der Waals surface area contributed by atoms with E-state index in [-0.39, 0.29) is 0 Å². The van der Waals surface area contributed by atoms with Gasteiger partial charge in [0.15, 0.2) is 0 Å². The second-order valence-electron chi connectivity index (χ2n) is 8.27. The number of hydrogen-bond donors (Lipinski definition) is 1. The molecule has 0 unspecified atom stereocenters. The first-order valence-electron chi connectivity index (χ1n) is 9.76. The third-order valence-corrected chi connectivity index (χ3v) is 7.15. The second-order valence-corrected chi connectivity index (χ2v) is 8.27. The highest BCUT2D eigenvalue weighted by Gasteiger charge is 2.64. The lowest BCUT2D eigenvalue weighted by Crippen LogP contribution is -2.67. The Labute approximate surface area is 139 Å². The fourth-order valence-corrected chi connectivity index (χ4v) is 6.07. The van der Waals surface area contributed by atoms with Crippen molar-refractivity contribution in [3.8, 4) is 0 Å². The quantitative estimate of drug-likeness (QED) is 0.925. The van der Waals surface area contributed by atoms with Gasteiger partial charge in [0, 0.05) is 36.7 Å². The van der Waals surface area contributed by atoms with Crippen LogP contribution in [-0.4, -0.2) is 28.5 Å². The maximum Gasteiger partial charge on any atom is 0.0762 e. The highest BCUT2D eigenvalue weighted by Crippen LogP contribution is 2.60. The molecule has 126 valence electrons. The fourth-order valence-electron chi connectivity index (χ4n) is 6.07. The summed E-state index contributed by atoms with van der Waals surface area (Å²) >= 11 is 0. The van der Waals surface area contributed by atoms with Gasteiger partial charge in [-0.15, -0.1) is 0 Å². The van der Waals surface area contributed by atoms with Crippen LogP contribution in [0.2, 0.25) is 0 Å². The van der Waals surface area contributed by atoms with Gasteiger partial charge in [0.25, 0.3) is 0 Å². The molecule has 1 aliphatic heterocycles. The van der Waals surface area contributed by atoms with Crippen LogP contribution < -0.4 is 5.32 Å². The molecule has 1 spiro atoms. The Morgan fingerprint density at radius 2 is 2.00 bits per heavy atom. The van der Waals surface area contributed by atoms with E-state index >= 15 is 0 Å². The van der Waals surface area contributed by atoms with Gasteiger partial charge in [0.05, 0.1) is 17.8 Å². The number of ether oxygens (including phenoxy) is 1. The molecule has 2 heterocycles. The number of aromatic nitrogens is 2. The van der Waals surface area contributed by atoms with Crippen LogP contribution in [0.4, 0.5) is 0 Å². The van der Waals surface area contributed by atoms with E-state index in [0.29, 0.717) is 23.6 Å². The van der Waals surface area contributed by atoms with Gasteiger partial charge in [0.2, 0.25) is 0 Å². The summed E-state index contributed by atoms with van der Waals surface area (Å²) in [5, 5.41) is 8.73. The van der Waals surface area contributed by atoms with Crippen molar-refractivity contribution in [2.75, 3.05) is 6.61 Å². The number of hydrogen-bond acceptors (Lipinski definition) is 3. The number of nitrogens with zero attached hydrogens (tertiary/aromatic N) is 2. The minimum atomic E-state index is 0.454. The molecular weight excluding hydrogens is 286 g/mol. The topological polar surface area (TPSA) is 39.1 Å². The van der Waals surface area contributed by atoms with E-state index in [4.69, 9.17) is 9.84 Å². The average Bonchev–Trinajstić information content (AvgIpc) is 3.33. The van der Waals surface area contributed by atoms with Gasteiger partial charge in [-0.2, -0.15) is 5.10 Å². The maximum absolute atomic E-state index is 6.08. The predicted molar refractivity (Wildman–Crippen MR) is 89.1 cm³/mol. The van der Waals surface area contributed by atoms with Gasteiger partial charge in [-0.1, -0.05) is 25.7 Å². The largest absolute Gasteiger partial charge is 0.377 e. The third-order valence-electron chi connectivity index (χ3n) is 7.15. The lowest BCUT2D eigenvalue weighted by molar-refractivity contribution is -0.131. The van der Waals surface area contributed by atoms with E-state index in [1.54, 1.807) is 0 Å². The zero-order chi connectivity index (χ0) is 15.3. The highest BCUT2D eigenvalue weighted by molar-refractivity contribution is 5.17. The van der Waals surface area contributed by atoms with Crippen LogP contribution in [0, 0.1) is 11.3 Å². The molecule has 3 aliphatic carbocycles. The average molecular weight is 315 g/mol. The first-order chi connectivity index (χ1) is 11.4. The predicted octanol–water partition coefficient (Wildman–Crippen LogP) is 3.44. The van der Waals surface area contributed by atoms with E-state index in [1.807, 2.05) is 0 Å².